The molecule has 0 bridgehead atoms. The number of ether oxygens (including phenoxy) is 1. The lowest BCUT2D eigenvalue weighted by atomic mass is 10.1. The fourth-order valence-electron chi connectivity index (χ4n) is 2.32. The van der Waals surface area contributed by atoms with E-state index in [-0.39, 0.29) is 9.87 Å². The summed E-state index contributed by atoms with van der Waals surface area (Å²) in [5, 5.41) is 0.354. The molecule has 0 N–H and O–H groups in total. The van der Waals surface area contributed by atoms with Gasteiger partial charge in [0.2, 0.25) is 10.0 Å². The predicted octanol–water partition coefficient (Wildman–Crippen LogP) is 3.71. The standard InChI is InChI=1S/C16H15ClF3N3O4S.CH3F/c1-10-7-12(17)4-3-11(10)8-28(25,26)23(9-16(18,19)20)14-13(15(24)27-2)21-5-6-22-14;1-2/h3-7H,8-9H2,1-2H3;1H3. The molecule has 0 unspecified atom stereocenters. The SMILES string of the molecule is CF.COC(=O)c1nccnc1N(CC(F)(F)F)S(=O)(=O)Cc1ccc(Cl)cc1C. The van der Waals surface area contributed by atoms with E-state index in [0.29, 0.717) is 17.8 Å². The van der Waals surface area contributed by atoms with Crippen molar-refractivity contribution in [1.29, 1.82) is 0 Å². The van der Waals surface area contributed by atoms with Gasteiger partial charge in [0.15, 0.2) is 11.5 Å². The van der Waals surface area contributed by atoms with Crippen molar-refractivity contribution < 1.29 is 35.5 Å². The minimum absolute atomic E-state index is 0.0142. The summed E-state index contributed by atoms with van der Waals surface area (Å²) < 4.78 is 79.0. The van der Waals surface area contributed by atoms with Crippen LogP contribution in [0.3, 0.4) is 0 Å². The summed E-state index contributed by atoms with van der Waals surface area (Å²) in [6.07, 6.45) is -2.88. The molecule has 13 heteroatoms. The van der Waals surface area contributed by atoms with Gasteiger partial charge in [0.1, 0.15) is 6.54 Å². The number of carbonyl (C=O) groups excluding carboxylic acids is 1. The zero-order valence-corrected chi connectivity index (χ0v) is 17.6. The van der Waals surface area contributed by atoms with Gasteiger partial charge >= 0.3 is 12.1 Å². The first-order valence-corrected chi connectivity index (χ1v) is 10.0. The van der Waals surface area contributed by atoms with Crippen LogP contribution < -0.4 is 4.31 Å². The lowest BCUT2D eigenvalue weighted by molar-refractivity contribution is -0.117. The molecule has 30 heavy (non-hydrogen) atoms. The van der Waals surface area contributed by atoms with E-state index in [0.717, 1.165) is 19.5 Å². The number of aromatic nitrogens is 2. The van der Waals surface area contributed by atoms with Gasteiger partial charge in [-0.1, -0.05) is 17.7 Å². The van der Waals surface area contributed by atoms with Crippen molar-refractivity contribution in [2.45, 2.75) is 18.9 Å². The van der Waals surface area contributed by atoms with Crippen LogP contribution in [0.2, 0.25) is 5.02 Å². The first-order chi connectivity index (χ1) is 13.9. The van der Waals surface area contributed by atoms with E-state index in [1.54, 1.807) is 6.92 Å². The highest BCUT2D eigenvalue weighted by atomic mass is 35.5. The number of hydrogen-bond donors (Lipinski definition) is 0. The third kappa shape index (κ3) is 6.80. The molecular weight excluding hydrogens is 454 g/mol. The molecule has 1 heterocycles. The van der Waals surface area contributed by atoms with E-state index in [1.165, 1.54) is 18.2 Å². The van der Waals surface area contributed by atoms with E-state index in [4.69, 9.17) is 11.6 Å². The summed E-state index contributed by atoms with van der Waals surface area (Å²) in [6.45, 7) is -0.308. The first kappa shape index (κ1) is 25.6. The number of aryl methyl sites for hydroxylation is 1. The average molecular weight is 472 g/mol. The quantitative estimate of drug-likeness (QED) is 0.471. The maximum atomic E-state index is 13.1. The van der Waals surface area contributed by atoms with E-state index >= 15 is 0 Å². The molecule has 0 spiro atoms. The van der Waals surface area contributed by atoms with Crippen molar-refractivity contribution in [2.24, 2.45) is 0 Å². The zero-order chi connectivity index (χ0) is 23.1. The van der Waals surface area contributed by atoms with E-state index < -0.39 is 46.0 Å². The summed E-state index contributed by atoms with van der Waals surface area (Å²) >= 11 is 5.83. The van der Waals surface area contributed by atoms with Crippen LogP contribution in [-0.4, -0.2) is 51.4 Å². The highest BCUT2D eigenvalue weighted by molar-refractivity contribution is 7.92. The minimum Gasteiger partial charge on any atom is -0.464 e. The molecular formula is C17H18ClF4N3O4S. The summed E-state index contributed by atoms with van der Waals surface area (Å²) in [5.74, 6) is -2.64. The van der Waals surface area contributed by atoms with Crippen LogP contribution in [0.5, 0.6) is 0 Å². The molecule has 0 aliphatic carbocycles. The molecule has 0 atom stereocenters. The van der Waals surface area contributed by atoms with Crippen LogP contribution in [0.1, 0.15) is 21.6 Å². The fourth-order valence-corrected chi connectivity index (χ4v) is 4.16. The number of nitrogens with zero attached hydrogens (tertiary/aromatic N) is 3. The molecule has 0 radical (unpaired) electrons. The van der Waals surface area contributed by atoms with Gasteiger partial charge in [-0.3, -0.25) is 4.39 Å². The Hall–Kier alpha value is -2.47. The predicted molar refractivity (Wildman–Crippen MR) is 103 cm³/mol. The Labute approximate surface area is 175 Å². The van der Waals surface area contributed by atoms with Crippen LogP contribution in [0.25, 0.3) is 0 Å². The monoisotopic (exact) mass is 471 g/mol. The number of carbonyl (C=O) groups is 1. The number of alkyl halides is 4. The van der Waals surface area contributed by atoms with E-state index in [2.05, 4.69) is 14.7 Å². The number of methoxy groups -OCH3 is 1. The smallest absolute Gasteiger partial charge is 0.407 e. The Kier molecular flexibility index (Phi) is 8.97. The minimum atomic E-state index is -4.90. The van der Waals surface area contributed by atoms with Crippen LogP contribution in [0, 0.1) is 6.92 Å². The molecule has 0 amide bonds. The number of anilines is 1. The van der Waals surface area contributed by atoms with Crippen LogP contribution in [-0.2, 0) is 20.5 Å². The van der Waals surface area contributed by atoms with Crippen molar-refractivity contribution in [3.8, 4) is 0 Å². The maximum absolute atomic E-state index is 13.1. The summed E-state index contributed by atoms with van der Waals surface area (Å²) in [4.78, 5) is 19.1. The van der Waals surface area contributed by atoms with Gasteiger partial charge in [-0.05, 0) is 30.2 Å². The highest BCUT2D eigenvalue weighted by Gasteiger charge is 2.39. The Bertz CT molecular complexity index is 987. The van der Waals surface area contributed by atoms with Crippen molar-refractivity contribution in [3.05, 3.63) is 52.4 Å². The molecule has 1 aromatic heterocycles. The molecule has 166 valence electrons. The third-order valence-corrected chi connectivity index (χ3v) is 5.48. The van der Waals surface area contributed by atoms with Gasteiger partial charge in [0.05, 0.1) is 20.0 Å². The fraction of sp³-hybridized carbons (Fsp3) is 0.353. The Morgan fingerprint density at radius 2 is 1.80 bits per heavy atom. The number of esters is 1. The van der Waals surface area contributed by atoms with Gasteiger partial charge in [0.25, 0.3) is 0 Å². The number of benzene rings is 1. The molecule has 1 aromatic carbocycles. The number of halogens is 5. The Morgan fingerprint density at radius 1 is 1.20 bits per heavy atom. The lowest BCUT2D eigenvalue weighted by Gasteiger charge is -2.25. The molecule has 0 aliphatic heterocycles. The second kappa shape index (κ2) is 10.5. The van der Waals surface area contributed by atoms with Crippen molar-refractivity contribution in [2.75, 3.05) is 25.1 Å². The van der Waals surface area contributed by atoms with Gasteiger partial charge in [0, 0.05) is 17.4 Å². The van der Waals surface area contributed by atoms with Crippen molar-refractivity contribution in [3.63, 3.8) is 0 Å². The average Bonchev–Trinajstić information content (AvgIpc) is 2.68. The van der Waals surface area contributed by atoms with Gasteiger partial charge < -0.3 is 4.74 Å². The van der Waals surface area contributed by atoms with Gasteiger partial charge in [-0.25, -0.2) is 27.5 Å². The normalized spacial score (nSPS) is 11.3. The second-order valence-electron chi connectivity index (χ2n) is 5.67. The second-order valence-corrected chi connectivity index (χ2v) is 8.00. The first-order valence-electron chi connectivity index (χ1n) is 8.04. The number of rotatable bonds is 6. The molecule has 2 rings (SSSR count). The third-order valence-electron chi connectivity index (χ3n) is 3.60. The Balaban J connectivity index is 0.00000218. The summed E-state index contributed by atoms with van der Waals surface area (Å²) in [6, 6.07) is 4.32. The summed E-state index contributed by atoms with van der Waals surface area (Å²) in [5.41, 5.74) is 0.0844. The molecule has 0 saturated carbocycles. The number of hydrogen-bond acceptors (Lipinski definition) is 6. The lowest BCUT2D eigenvalue weighted by Crippen LogP contribution is -2.41. The molecule has 2 aromatic rings. The highest BCUT2D eigenvalue weighted by Crippen LogP contribution is 2.28. The topological polar surface area (TPSA) is 89.5 Å². The maximum Gasteiger partial charge on any atom is 0.407 e. The van der Waals surface area contributed by atoms with Gasteiger partial charge in [-0.15, -0.1) is 0 Å². The van der Waals surface area contributed by atoms with Crippen LogP contribution in [0.4, 0.5) is 23.4 Å². The molecule has 7 nitrogen and oxygen atoms in total. The summed E-state index contributed by atoms with van der Waals surface area (Å²) in [7, 11) is -3.11. The van der Waals surface area contributed by atoms with Crippen molar-refractivity contribution >= 4 is 33.4 Å². The molecule has 0 aliphatic rings. The van der Waals surface area contributed by atoms with E-state index in [1.807, 2.05) is 0 Å². The van der Waals surface area contributed by atoms with Crippen LogP contribution in [0.15, 0.2) is 30.6 Å². The van der Waals surface area contributed by atoms with Gasteiger partial charge in [-0.2, -0.15) is 13.2 Å². The molecule has 0 saturated heterocycles. The largest absolute Gasteiger partial charge is 0.464 e. The van der Waals surface area contributed by atoms with Crippen molar-refractivity contribution in [1.82, 2.24) is 9.97 Å². The van der Waals surface area contributed by atoms with Crippen LogP contribution >= 0.6 is 11.6 Å². The zero-order valence-electron chi connectivity index (χ0n) is 16.1. The molecule has 0 fully saturated rings. The Morgan fingerprint density at radius 3 is 2.33 bits per heavy atom. The number of sulfonamides is 1. The van der Waals surface area contributed by atoms with E-state index in [9.17, 15) is 30.8 Å².